The fraction of sp³-hybridized carbons (Fsp3) is 0.364. The molecule has 0 spiro atoms. The van der Waals surface area contributed by atoms with Gasteiger partial charge < -0.3 is 4.52 Å². The fourth-order valence-corrected chi connectivity index (χ4v) is 4.27. The van der Waals surface area contributed by atoms with E-state index >= 15 is 0 Å². The van der Waals surface area contributed by atoms with Gasteiger partial charge in [-0.05, 0) is 20.8 Å². The number of hydrogen-bond donors (Lipinski definition) is 1. The summed E-state index contributed by atoms with van der Waals surface area (Å²) < 4.78 is 33.5. The minimum atomic E-state index is -3.67. The topological polar surface area (TPSA) is 102 Å². The van der Waals surface area contributed by atoms with Crippen molar-refractivity contribution in [2.45, 2.75) is 32.2 Å². The van der Waals surface area contributed by atoms with Crippen LogP contribution in [0.15, 0.2) is 15.6 Å². The molecule has 0 aliphatic carbocycles. The van der Waals surface area contributed by atoms with Crippen molar-refractivity contribution in [3.05, 3.63) is 28.4 Å². The van der Waals surface area contributed by atoms with Gasteiger partial charge in [0, 0.05) is 0 Å². The van der Waals surface area contributed by atoms with Crippen molar-refractivity contribution < 1.29 is 12.9 Å². The highest BCUT2D eigenvalue weighted by Crippen LogP contribution is 2.20. The summed E-state index contributed by atoms with van der Waals surface area (Å²) in [5, 5.41) is 8.55. The maximum atomic E-state index is 12.3. The van der Waals surface area contributed by atoms with E-state index in [1.54, 1.807) is 24.6 Å². The van der Waals surface area contributed by atoms with Crippen LogP contribution in [0.1, 0.15) is 22.2 Å². The van der Waals surface area contributed by atoms with Gasteiger partial charge in [-0.15, -0.1) is 0 Å². The molecule has 0 aromatic carbocycles. The Kier molecular flexibility index (Phi) is 3.30. The summed E-state index contributed by atoms with van der Waals surface area (Å²) in [6.07, 6.45) is 1.79. The number of fused-ring (bicyclic) bond motifs is 1. The molecule has 10 heteroatoms. The number of aromatic nitrogens is 4. The van der Waals surface area contributed by atoms with Gasteiger partial charge in [-0.1, -0.05) is 16.5 Å². The van der Waals surface area contributed by atoms with Crippen molar-refractivity contribution in [2.75, 3.05) is 0 Å². The highest BCUT2D eigenvalue weighted by atomic mass is 32.2. The summed E-state index contributed by atoms with van der Waals surface area (Å²) in [5.41, 5.74) is 1.21. The van der Waals surface area contributed by atoms with Crippen LogP contribution in [0.3, 0.4) is 0 Å². The Labute approximate surface area is 124 Å². The van der Waals surface area contributed by atoms with E-state index < -0.39 is 10.0 Å². The predicted molar refractivity (Wildman–Crippen MR) is 75.6 cm³/mol. The van der Waals surface area contributed by atoms with E-state index in [0.717, 1.165) is 10.7 Å². The summed E-state index contributed by atoms with van der Waals surface area (Å²) in [5.74, 6) is 0.268. The summed E-state index contributed by atoms with van der Waals surface area (Å²) in [6, 6.07) is 0. The lowest BCUT2D eigenvalue weighted by Crippen LogP contribution is -2.24. The first-order valence-electron chi connectivity index (χ1n) is 6.11. The van der Waals surface area contributed by atoms with E-state index in [1.165, 1.54) is 11.3 Å². The number of nitrogens with zero attached hydrogens (tertiary/aromatic N) is 4. The van der Waals surface area contributed by atoms with Gasteiger partial charge in [-0.3, -0.25) is 0 Å². The largest absolute Gasteiger partial charge is 0.360 e. The Morgan fingerprint density at radius 1 is 1.38 bits per heavy atom. The van der Waals surface area contributed by atoms with Crippen LogP contribution in [0.25, 0.3) is 4.96 Å². The molecule has 0 unspecified atom stereocenters. The van der Waals surface area contributed by atoms with Crippen LogP contribution >= 0.6 is 11.3 Å². The first-order valence-corrected chi connectivity index (χ1v) is 8.41. The first kappa shape index (κ1) is 14.2. The summed E-state index contributed by atoms with van der Waals surface area (Å²) in [4.78, 5) is 5.09. The summed E-state index contributed by atoms with van der Waals surface area (Å²) in [6.45, 7) is 5.13. The smallest absolute Gasteiger partial charge is 0.246 e. The van der Waals surface area contributed by atoms with Crippen molar-refractivity contribution in [1.29, 1.82) is 0 Å². The van der Waals surface area contributed by atoms with Crippen molar-refractivity contribution in [1.82, 2.24) is 24.5 Å². The normalized spacial score (nSPS) is 12.3. The Morgan fingerprint density at radius 3 is 2.76 bits per heavy atom. The molecule has 0 bridgehead atoms. The van der Waals surface area contributed by atoms with Crippen molar-refractivity contribution in [2.24, 2.45) is 0 Å². The van der Waals surface area contributed by atoms with Gasteiger partial charge in [0.25, 0.3) is 0 Å². The second kappa shape index (κ2) is 4.90. The van der Waals surface area contributed by atoms with Crippen LogP contribution in [0, 0.1) is 20.8 Å². The molecule has 21 heavy (non-hydrogen) atoms. The lowest BCUT2D eigenvalue weighted by molar-refractivity contribution is 0.390. The van der Waals surface area contributed by atoms with Crippen LogP contribution in [0.4, 0.5) is 0 Å². The molecule has 0 amide bonds. The fourth-order valence-electron chi connectivity index (χ4n) is 2.01. The average Bonchev–Trinajstić information content (AvgIpc) is 3.00. The lowest BCUT2D eigenvalue weighted by atomic mass is 10.4. The molecule has 0 saturated heterocycles. The molecular formula is C11H13N5O3S2. The summed E-state index contributed by atoms with van der Waals surface area (Å²) >= 11 is 1.34. The van der Waals surface area contributed by atoms with Crippen LogP contribution in [0.2, 0.25) is 0 Å². The molecule has 0 aliphatic heterocycles. The minimum Gasteiger partial charge on any atom is -0.360 e. The van der Waals surface area contributed by atoms with Crippen molar-refractivity contribution in [3.8, 4) is 0 Å². The van der Waals surface area contributed by atoms with Gasteiger partial charge in [0.1, 0.15) is 15.6 Å². The Hall–Kier alpha value is -1.78. The number of nitrogens with one attached hydrogen (secondary N) is 1. The van der Waals surface area contributed by atoms with Gasteiger partial charge in [0.05, 0.1) is 18.4 Å². The van der Waals surface area contributed by atoms with E-state index in [9.17, 15) is 8.42 Å². The lowest BCUT2D eigenvalue weighted by Gasteiger charge is -2.03. The molecule has 3 aromatic heterocycles. The molecule has 3 aromatic rings. The highest BCUT2D eigenvalue weighted by Gasteiger charge is 2.24. The van der Waals surface area contributed by atoms with Gasteiger partial charge in [0.2, 0.25) is 15.0 Å². The predicted octanol–water partition coefficient (Wildman–Crippen LogP) is 1.18. The number of hydrogen-bond acceptors (Lipinski definition) is 7. The van der Waals surface area contributed by atoms with E-state index in [-0.39, 0.29) is 17.2 Å². The van der Waals surface area contributed by atoms with E-state index in [1.807, 2.05) is 6.92 Å². The van der Waals surface area contributed by atoms with Gasteiger partial charge >= 0.3 is 0 Å². The van der Waals surface area contributed by atoms with Gasteiger partial charge in [-0.2, -0.15) is 5.10 Å². The van der Waals surface area contributed by atoms with E-state index in [0.29, 0.717) is 10.7 Å². The third-order valence-corrected chi connectivity index (χ3v) is 5.42. The van der Waals surface area contributed by atoms with Crippen LogP contribution < -0.4 is 4.72 Å². The SMILES string of the molecule is Cc1cn2nc(CNS(=O)(=O)c3c(C)noc3C)sc2n1. The minimum absolute atomic E-state index is 0.0830. The van der Waals surface area contributed by atoms with E-state index in [4.69, 9.17) is 4.52 Å². The molecule has 0 fully saturated rings. The maximum Gasteiger partial charge on any atom is 0.246 e. The number of rotatable bonds is 4. The van der Waals surface area contributed by atoms with Gasteiger partial charge in [0.15, 0.2) is 5.76 Å². The maximum absolute atomic E-state index is 12.3. The molecule has 3 heterocycles. The van der Waals surface area contributed by atoms with Crippen LogP contribution in [-0.2, 0) is 16.6 Å². The highest BCUT2D eigenvalue weighted by molar-refractivity contribution is 7.89. The standard InChI is InChI=1S/C11H13N5O3S2/c1-6-5-16-11(13-6)20-9(14-16)4-12-21(17,18)10-7(2)15-19-8(10)3/h5,12H,4H2,1-3H3. The molecule has 0 saturated carbocycles. The van der Waals surface area contributed by atoms with Crippen LogP contribution in [-0.4, -0.2) is 28.2 Å². The Balaban J connectivity index is 1.81. The molecule has 0 radical (unpaired) electrons. The molecule has 1 N–H and O–H groups in total. The monoisotopic (exact) mass is 327 g/mol. The third-order valence-electron chi connectivity index (χ3n) is 2.86. The zero-order valence-electron chi connectivity index (χ0n) is 11.6. The van der Waals surface area contributed by atoms with Gasteiger partial charge in [-0.25, -0.2) is 22.6 Å². The number of sulfonamides is 1. The van der Waals surface area contributed by atoms with Crippen LogP contribution in [0.5, 0.6) is 0 Å². The zero-order valence-corrected chi connectivity index (χ0v) is 13.2. The average molecular weight is 327 g/mol. The molecule has 112 valence electrons. The van der Waals surface area contributed by atoms with Crippen molar-refractivity contribution >= 4 is 26.3 Å². The first-order chi connectivity index (χ1) is 9.87. The number of aryl methyl sites for hydroxylation is 3. The third kappa shape index (κ3) is 2.57. The zero-order chi connectivity index (χ0) is 15.2. The van der Waals surface area contributed by atoms with Crippen molar-refractivity contribution in [3.63, 3.8) is 0 Å². The molecule has 0 aliphatic rings. The molecular weight excluding hydrogens is 314 g/mol. The number of imidazole rings is 1. The molecule has 3 rings (SSSR count). The quantitative estimate of drug-likeness (QED) is 0.772. The second-order valence-electron chi connectivity index (χ2n) is 4.58. The van der Waals surface area contributed by atoms with E-state index in [2.05, 4.69) is 20.0 Å². The Bertz CT molecular complexity index is 855. The molecule has 8 nitrogen and oxygen atoms in total. The molecule has 0 atom stereocenters. The Morgan fingerprint density at radius 2 is 2.14 bits per heavy atom. The second-order valence-corrected chi connectivity index (χ2v) is 7.33. The summed E-state index contributed by atoms with van der Waals surface area (Å²) in [7, 11) is -3.67.